The molecule has 3 aromatic rings. The first-order valence-corrected chi connectivity index (χ1v) is 8.88. The Bertz CT molecular complexity index is 1190. The number of aliphatic carboxylic acids is 1. The predicted molar refractivity (Wildman–Crippen MR) is 93.8 cm³/mol. The molecule has 3 heterocycles. The van der Waals surface area contributed by atoms with Gasteiger partial charge >= 0.3 is 5.97 Å². The molecule has 0 radical (unpaired) electrons. The van der Waals surface area contributed by atoms with E-state index in [-0.39, 0.29) is 22.0 Å². The van der Waals surface area contributed by atoms with E-state index in [4.69, 9.17) is 11.6 Å². The van der Waals surface area contributed by atoms with Gasteiger partial charge in [0.25, 0.3) is 5.56 Å². The maximum atomic E-state index is 15.0. The minimum atomic E-state index is -1.08. The summed E-state index contributed by atoms with van der Waals surface area (Å²) in [7, 11) is 0. The number of benzene rings is 1. The molecule has 1 unspecified atom stereocenters. The third-order valence-electron chi connectivity index (χ3n) is 5.39. The maximum Gasteiger partial charge on any atom is 0.326 e. The van der Waals surface area contributed by atoms with Crippen molar-refractivity contribution >= 4 is 17.6 Å². The van der Waals surface area contributed by atoms with E-state index in [1.165, 1.54) is 27.7 Å². The van der Waals surface area contributed by atoms with Crippen LogP contribution in [0, 0.1) is 5.82 Å². The average Bonchev–Trinajstić information content (AvgIpc) is 3.09. The molecule has 1 aromatic carbocycles. The number of hydrogen-bond acceptors (Lipinski definition) is 6. The summed E-state index contributed by atoms with van der Waals surface area (Å²) in [5.74, 6) is -1.46. The van der Waals surface area contributed by atoms with Crippen LogP contribution in [0.2, 0.25) is 5.02 Å². The standard InChI is InChI=1S/C17H12ClFN6O3/c18-8-1-2-10(24-7-20-22-23-24)13(14(8)19)9-5-12(26)25-11(15(27)28)6-17(3-4-17)16(25)21-9/h1-2,5,7,11H,3-4,6H2,(H,27,28). The van der Waals surface area contributed by atoms with Crippen LogP contribution in [0.15, 0.2) is 29.3 Å². The van der Waals surface area contributed by atoms with Gasteiger partial charge in [-0.05, 0) is 41.8 Å². The summed E-state index contributed by atoms with van der Waals surface area (Å²) in [4.78, 5) is 28.9. The fourth-order valence-corrected chi connectivity index (χ4v) is 4.03. The van der Waals surface area contributed by atoms with Crippen LogP contribution in [0.25, 0.3) is 16.9 Å². The zero-order valence-corrected chi connectivity index (χ0v) is 15.0. The van der Waals surface area contributed by atoms with Gasteiger partial charge in [-0.15, -0.1) is 5.10 Å². The van der Waals surface area contributed by atoms with E-state index in [1.807, 2.05) is 0 Å². The van der Waals surface area contributed by atoms with Crippen molar-refractivity contribution in [3.8, 4) is 16.9 Å². The summed E-state index contributed by atoms with van der Waals surface area (Å²) < 4.78 is 17.4. The molecule has 1 saturated carbocycles. The van der Waals surface area contributed by atoms with Crippen LogP contribution < -0.4 is 5.56 Å². The molecule has 11 heteroatoms. The van der Waals surface area contributed by atoms with Gasteiger partial charge in [-0.1, -0.05) is 11.6 Å². The maximum absolute atomic E-state index is 15.0. The lowest BCUT2D eigenvalue weighted by Gasteiger charge is -2.14. The molecule has 1 atom stereocenters. The van der Waals surface area contributed by atoms with Crippen molar-refractivity contribution in [2.45, 2.75) is 30.7 Å². The average molecular weight is 403 g/mol. The molecule has 2 aliphatic rings. The molecule has 0 amide bonds. The highest BCUT2D eigenvalue weighted by Gasteiger charge is 2.56. The number of hydrogen-bond donors (Lipinski definition) is 1. The minimum Gasteiger partial charge on any atom is -0.480 e. The van der Waals surface area contributed by atoms with Crippen LogP contribution in [0.4, 0.5) is 4.39 Å². The molecule has 1 fully saturated rings. The highest BCUT2D eigenvalue weighted by Crippen LogP contribution is 2.57. The van der Waals surface area contributed by atoms with E-state index >= 15 is 0 Å². The molecule has 0 bridgehead atoms. The van der Waals surface area contributed by atoms with Gasteiger partial charge in [0.15, 0.2) is 5.82 Å². The number of carboxylic acid groups (broad SMARTS) is 1. The lowest BCUT2D eigenvalue weighted by atomic mass is 10.0. The number of carbonyl (C=O) groups is 1. The quantitative estimate of drug-likeness (QED) is 0.709. The Morgan fingerprint density at radius 3 is 2.79 bits per heavy atom. The van der Waals surface area contributed by atoms with Crippen molar-refractivity contribution in [3.63, 3.8) is 0 Å². The van der Waals surface area contributed by atoms with Crippen molar-refractivity contribution in [2.75, 3.05) is 0 Å². The van der Waals surface area contributed by atoms with Gasteiger partial charge in [0.1, 0.15) is 18.2 Å². The SMILES string of the molecule is O=C(O)C1CC2(CC2)c2nc(-c3c(-n4cnnn4)ccc(Cl)c3F)cc(=O)n21. The number of carboxylic acids is 1. The van der Waals surface area contributed by atoms with Crippen LogP contribution in [-0.2, 0) is 10.2 Å². The van der Waals surface area contributed by atoms with Crippen molar-refractivity contribution in [3.05, 3.63) is 51.5 Å². The number of rotatable bonds is 3. The molecule has 2 aromatic heterocycles. The van der Waals surface area contributed by atoms with Gasteiger partial charge in [-0.3, -0.25) is 9.36 Å². The summed E-state index contributed by atoms with van der Waals surface area (Å²) in [6, 6.07) is 3.05. The van der Waals surface area contributed by atoms with Crippen LogP contribution in [0.3, 0.4) is 0 Å². The summed E-state index contributed by atoms with van der Waals surface area (Å²) in [5.41, 5.74) is -0.670. The van der Waals surface area contributed by atoms with E-state index in [0.29, 0.717) is 12.2 Å². The Balaban J connectivity index is 1.78. The van der Waals surface area contributed by atoms with Crippen molar-refractivity contribution in [1.82, 2.24) is 29.8 Å². The lowest BCUT2D eigenvalue weighted by Crippen LogP contribution is -2.28. The number of halogens is 2. The fraction of sp³-hybridized carbons (Fsp3) is 0.294. The lowest BCUT2D eigenvalue weighted by molar-refractivity contribution is -0.140. The van der Waals surface area contributed by atoms with E-state index in [2.05, 4.69) is 20.5 Å². The normalized spacial score (nSPS) is 19.0. The van der Waals surface area contributed by atoms with Crippen LogP contribution in [0.1, 0.15) is 31.1 Å². The molecule has 1 aliphatic carbocycles. The monoisotopic (exact) mass is 402 g/mol. The van der Waals surface area contributed by atoms with Gasteiger partial charge in [-0.25, -0.2) is 14.2 Å². The van der Waals surface area contributed by atoms with Gasteiger partial charge in [-0.2, -0.15) is 4.68 Å². The molecular weight excluding hydrogens is 391 g/mol. The van der Waals surface area contributed by atoms with Crippen LogP contribution >= 0.6 is 11.6 Å². The second-order valence-electron chi connectivity index (χ2n) is 7.02. The van der Waals surface area contributed by atoms with Crippen molar-refractivity contribution in [2.24, 2.45) is 0 Å². The Morgan fingerprint density at radius 2 is 2.14 bits per heavy atom. The topological polar surface area (TPSA) is 116 Å². The summed E-state index contributed by atoms with van der Waals surface area (Å²) in [5, 5.41) is 20.2. The van der Waals surface area contributed by atoms with Crippen molar-refractivity contribution in [1.29, 1.82) is 0 Å². The number of nitrogens with zero attached hydrogens (tertiary/aromatic N) is 6. The Hall–Kier alpha value is -3.14. The van der Waals surface area contributed by atoms with Gasteiger partial charge in [0, 0.05) is 11.5 Å². The summed E-state index contributed by atoms with van der Waals surface area (Å²) >= 11 is 5.96. The molecular formula is C17H12ClFN6O3. The van der Waals surface area contributed by atoms with E-state index in [0.717, 1.165) is 18.9 Å². The largest absolute Gasteiger partial charge is 0.480 e. The molecule has 5 rings (SSSR count). The molecule has 28 heavy (non-hydrogen) atoms. The number of aromatic nitrogens is 6. The third-order valence-corrected chi connectivity index (χ3v) is 5.68. The first kappa shape index (κ1) is 17.0. The molecule has 142 valence electrons. The molecule has 1 aliphatic heterocycles. The van der Waals surface area contributed by atoms with Gasteiger partial charge in [0.05, 0.1) is 22.0 Å². The highest BCUT2D eigenvalue weighted by atomic mass is 35.5. The van der Waals surface area contributed by atoms with Crippen LogP contribution in [-0.4, -0.2) is 40.8 Å². The summed E-state index contributed by atoms with van der Waals surface area (Å²) in [6.45, 7) is 0. The second-order valence-corrected chi connectivity index (χ2v) is 7.43. The Morgan fingerprint density at radius 1 is 1.36 bits per heavy atom. The summed E-state index contributed by atoms with van der Waals surface area (Å²) in [6.07, 6.45) is 3.08. The zero-order chi connectivity index (χ0) is 19.6. The van der Waals surface area contributed by atoms with Gasteiger partial charge < -0.3 is 5.11 Å². The first-order chi connectivity index (χ1) is 13.4. The van der Waals surface area contributed by atoms with Gasteiger partial charge in [0.2, 0.25) is 0 Å². The predicted octanol–water partition coefficient (Wildman–Crippen LogP) is 1.74. The second kappa shape index (κ2) is 5.68. The zero-order valence-electron chi connectivity index (χ0n) is 14.2. The third kappa shape index (κ3) is 2.30. The number of fused-ring (bicyclic) bond motifs is 2. The molecule has 0 saturated heterocycles. The van der Waals surface area contributed by atoms with E-state index < -0.39 is 28.8 Å². The Labute approximate surface area is 161 Å². The Kier molecular flexibility index (Phi) is 3.45. The molecule has 9 nitrogen and oxygen atoms in total. The minimum absolute atomic E-state index is 0.0186. The molecule has 1 N–H and O–H groups in total. The first-order valence-electron chi connectivity index (χ1n) is 8.50. The fourth-order valence-electron chi connectivity index (χ4n) is 3.87. The van der Waals surface area contributed by atoms with E-state index in [9.17, 15) is 19.1 Å². The van der Waals surface area contributed by atoms with Crippen LogP contribution in [0.5, 0.6) is 0 Å². The van der Waals surface area contributed by atoms with E-state index in [1.54, 1.807) is 0 Å². The van der Waals surface area contributed by atoms with Crippen molar-refractivity contribution < 1.29 is 14.3 Å². The molecule has 1 spiro atoms. The smallest absolute Gasteiger partial charge is 0.326 e. The number of tetrazole rings is 1. The highest BCUT2D eigenvalue weighted by molar-refractivity contribution is 6.31.